The summed E-state index contributed by atoms with van der Waals surface area (Å²) in [4.78, 5) is 12.7. The summed E-state index contributed by atoms with van der Waals surface area (Å²) < 4.78 is 24.9. The van der Waals surface area contributed by atoms with Crippen LogP contribution in [0, 0.1) is 17.3 Å². The Morgan fingerprint density at radius 3 is 2.52 bits per heavy atom. The van der Waals surface area contributed by atoms with Crippen LogP contribution in [0.4, 0.5) is 0 Å². The average molecular weight is 315 g/mol. The Morgan fingerprint density at radius 2 is 1.90 bits per heavy atom. The number of nitrogens with zero attached hydrogens (tertiary/aromatic N) is 1. The molecule has 1 aliphatic carbocycles. The maximum absolute atomic E-state index is 12.7. The first-order chi connectivity index (χ1) is 9.70. The highest BCUT2D eigenvalue weighted by molar-refractivity contribution is 7.88. The molecule has 1 heterocycles. The molecule has 4 nitrogen and oxygen atoms in total. The Balaban J connectivity index is 1.96. The predicted molar refractivity (Wildman–Crippen MR) is 84.5 cm³/mol. The Labute approximate surface area is 129 Å². The molecule has 1 saturated carbocycles. The molecule has 2 rings (SSSR count). The molecule has 2 aliphatic rings. The van der Waals surface area contributed by atoms with Crippen molar-refractivity contribution in [1.82, 2.24) is 4.31 Å². The van der Waals surface area contributed by atoms with Gasteiger partial charge in [-0.05, 0) is 37.0 Å². The van der Waals surface area contributed by atoms with E-state index in [0.29, 0.717) is 25.3 Å². The van der Waals surface area contributed by atoms with Gasteiger partial charge in [0.05, 0.1) is 6.26 Å². The zero-order chi connectivity index (χ0) is 15.7. The van der Waals surface area contributed by atoms with Crippen molar-refractivity contribution in [1.29, 1.82) is 0 Å². The SMILES string of the molecule is CC1(C)CCCCC1C(=O)CC1CCCN(S(C)(=O)=O)C1. The lowest BCUT2D eigenvalue weighted by Gasteiger charge is -2.39. The molecule has 1 aliphatic heterocycles. The number of Topliss-reactive ketones (excluding diaryl/α,β-unsaturated/α-hetero) is 1. The van der Waals surface area contributed by atoms with E-state index in [2.05, 4.69) is 13.8 Å². The van der Waals surface area contributed by atoms with E-state index in [1.54, 1.807) is 4.31 Å². The Bertz CT molecular complexity index is 484. The van der Waals surface area contributed by atoms with Crippen LogP contribution < -0.4 is 0 Å². The molecule has 0 bridgehead atoms. The largest absolute Gasteiger partial charge is 0.299 e. The fraction of sp³-hybridized carbons (Fsp3) is 0.938. The van der Waals surface area contributed by atoms with Gasteiger partial charge in [0.25, 0.3) is 0 Å². The van der Waals surface area contributed by atoms with Gasteiger partial charge in [0, 0.05) is 25.4 Å². The van der Waals surface area contributed by atoms with Gasteiger partial charge in [-0.25, -0.2) is 12.7 Å². The summed E-state index contributed by atoms with van der Waals surface area (Å²) in [6.07, 6.45) is 8.19. The van der Waals surface area contributed by atoms with Crippen molar-refractivity contribution in [3.05, 3.63) is 0 Å². The first kappa shape index (κ1) is 16.9. The maximum atomic E-state index is 12.7. The van der Waals surface area contributed by atoms with Crippen LogP contribution in [0.5, 0.6) is 0 Å². The van der Waals surface area contributed by atoms with Crippen LogP contribution in [-0.4, -0.2) is 37.9 Å². The molecule has 2 fully saturated rings. The molecule has 5 heteroatoms. The summed E-state index contributed by atoms with van der Waals surface area (Å²) in [5.74, 6) is 0.735. The van der Waals surface area contributed by atoms with E-state index in [4.69, 9.17) is 0 Å². The Kier molecular flexibility index (Phi) is 5.14. The lowest BCUT2D eigenvalue weighted by Crippen LogP contribution is -2.41. The van der Waals surface area contributed by atoms with Crippen LogP contribution in [0.1, 0.15) is 58.8 Å². The second-order valence-electron chi connectivity index (χ2n) is 7.59. The molecule has 0 amide bonds. The van der Waals surface area contributed by atoms with Crippen molar-refractivity contribution >= 4 is 15.8 Å². The van der Waals surface area contributed by atoms with Crippen molar-refractivity contribution in [2.75, 3.05) is 19.3 Å². The van der Waals surface area contributed by atoms with E-state index in [0.717, 1.165) is 32.1 Å². The lowest BCUT2D eigenvalue weighted by atomic mass is 9.66. The number of rotatable bonds is 4. The van der Waals surface area contributed by atoms with E-state index < -0.39 is 10.0 Å². The first-order valence-corrected chi connectivity index (χ1v) is 10.0. The van der Waals surface area contributed by atoms with Crippen molar-refractivity contribution in [3.8, 4) is 0 Å². The number of ketones is 1. The molecular weight excluding hydrogens is 286 g/mol. The van der Waals surface area contributed by atoms with Crippen molar-refractivity contribution in [2.45, 2.75) is 58.8 Å². The van der Waals surface area contributed by atoms with Gasteiger partial charge in [-0.1, -0.05) is 26.7 Å². The minimum absolute atomic E-state index is 0.112. The summed E-state index contributed by atoms with van der Waals surface area (Å²) in [6.45, 7) is 5.55. The minimum Gasteiger partial charge on any atom is -0.299 e. The van der Waals surface area contributed by atoms with Crippen LogP contribution in [0.25, 0.3) is 0 Å². The van der Waals surface area contributed by atoms with Crippen molar-refractivity contribution in [3.63, 3.8) is 0 Å². The molecule has 0 spiro atoms. The van der Waals surface area contributed by atoms with Crippen LogP contribution in [0.3, 0.4) is 0 Å². The first-order valence-electron chi connectivity index (χ1n) is 8.18. The van der Waals surface area contributed by atoms with Crippen LogP contribution in [0.15, 0.2) is 0 Å². The molecule has 122 valence electrons. The number of hydrogen-bond donors (Lipinski definition) is 0. The van der Waals surface area contributed by atoms with E-state index in [1.807, 2.05) is 0 Å². The van der Waals surface area contributed by atoms with Gasteiger partial charge >= 0.3 is 0 Å². The van der Waals surface area contributed by atoms with Crippen molar-refractivity contribution < 1.29 is 13.2 Å². The van der Waals surface area contributed by atoms with E-state index in [1.165, 1.54) is 12.7 Å². The molecule has 0 aromatic rings. The summed E-state index contributed by atoms with van der Waals surface area (Å²) in [5, 5.41) is 0. The van der Waals surface area contributed by atoms with Gasteiger partial charge in [0.15, 0.2) is 0 Å². The van der Waals surface area contributed by atoms with Crippen LogP contribution >= 0.6 is 0 Å². The van der Waals surface area contributed by atoms with Crippen LogP contribution in [0.2, 0.25) is 0 Å². The fourth-order valence-corrected chi connectivity index (χ4v) is 4.95. The highest BCUT2D eigenvalue weighted by Crippen LogP contribution is 2.42. The third-order valence-electron chi connectivity index (χ3n) is 5.34. The molecule has 0 N–H and O–H groups in total. The van der Waals surface area contributed by atoms with E-state index >= 15 is 0 Å². The second-order valence-corrected chi connectivity index (χ2v) is 9.57. The molecule has 2 atom stereocenters. The number of carbonyl (C=O) groups excluding carboxylic acids is 1. The molecule has 2 unspecified atom stereocenters. The zero-order valence-electron chi connectivity index (χ0n) is 13.6. The number of hydrogen-bond acceptors (Lipinski definition) is 3. The summed E-state index contributed by atoms with van der Waals surface area (Å²) >= 11 is 0. The quantitative estimate of drug-likeness (QED) is 0.801. The number of sulfonamides is 1. The smallest absolute Gasteiger partial charge is 0.211 e. The Hall–Kier alpha value is -0.420. The van der Waals surface area contributed by atoms with Gasteiger partial charge in [-0.15, -0.1) is 0 Å². The number of carbonyl (C=O) groups is 1. The normalized spacial score (nSPS) is 31.0. The van der Waals surface area contributed by atoms with E-state index in [9.17, 15) is 13.2 Å². The minimum atomic E-state index is -3.12. The topological polar surface area (TPSA) is 54.5 Å². The third kappa shape index (κ3) is 4.28. The van der Waals surface area contributed by atoms with Gasteiger partial charge in [0.1, 0.15) is 5.78 Å². The standard InChI is InChI=1S/C16H29NO3S/c1-16(2)9-5-4-8-14(16)15(18)11-13-7-6-10-17(12-13)21(3,19)20/h13-14H,4-12H2,1-3H3. The van der Waals surface area contributed by atoms with Gasteiger partial charge in [-0.3, -0.25) is 4.79 Å². The van der Waals surface area contributed by atoms with Gasteiger partial charge in [-0.2, -0.15) is 0 Å². The highest BCUT2D eigenvalue weighted by Gasteiger charge is 2.38. The zero-order valence-corrected chi connectivity index (χ0v) is 14.4. The summed E-state index contributed by atoms with van der Waals surface area (Å²) in [5.41, 5.74) is 0.112. The molecule has 0 aromatic heterocycles. The maximum Gasteiger partial charge on any atom is 0.211 e. The highest BCUT2D eigenvalue weighted by atomic mass is 32.2. The van der Waals surface area contributed by atoms with E-state index in [-0.39, 0.29) is 17.3 Å². The third-order valence-corrected chi connectivity index (χ3v) is 6.61. The van der Waals surface area contributed by atoms with Crippen molar-refractivity contribution in [2.24, 2.45) is 17.3 Å². The molecule has 0 aromatic carbocycles. The van der Waals surface area contributed by atoms with Gasteiger partial charge in [0.2, 0.25) is 10.0 Å². The monoisotopic (exact) mass is 315 g/mol. The Morgan fingerprint density at radius 1 is 1.19 bits per heavy atom. The predicted octanol–water partition coefficient (Wildman–Crippen LogP) is 2.83. The number of piperidine rings is 1. The lowest BCUT2D eigenvalue weighted by molar-refractivity contribution is -0.129. The average Bonchev–Trinajstić information content (AvgIpc) is 2.37. The van der Waals surface area contributed by atoms with Gasteiger partial charge < -0.3 is 0 Å². The molecular formula is C16H29NO3S. The molecule has 0 radical (unpaired) electrons. The van der Waals surface area contributed by atoms with Crippen LogP contribution in [-0.2, 0) is 14.8 Å². The fourth-order valence-electron chi connectivity index (χ4n) is 4.01. The molecule has 21 heavy (non-hydrogen) atoms. The molecule has 1 saturated heterocycles. The second kappa shape index (κ2) is 6.37. The summed E-state index contributed by atoms with van der Waals surface area (Å²) in [6, 6.07) is 0. The summed E-state index contributed by atoms with van der Waals surface area (Å²) in [7, 11) is -3.12.